The molecule has 0 radical (unpaired) electrons. The number of carbonyl (C=O) groups is 2. The van der Waals surface area contributed by atoms with Gasteiger partial charge in [0.05, 0.1) is 6.54 Å². The van der Waals surface area contributed by atoms with E-state index in [9.17, 15) is 9.59 Å². The summed E-state index contributed by atoms with van der Waals surface area (Å²) >= 11 is 0. The van der Waals surface area contributed by atoms with Gasteiger partial charge in [0.25, 0.3) is 0 Å². The van der Waals surface area contributed by atoms with Gasteiger partial charge in [0.1, 0.15) is 0 Å². The number of unbranched alkanes of at least 4 members (excludes halogenated alkanes) is 4. The van der Waals surface area contributed by atoms with Crippen LogP contribution in [0.25, 0.3) is 0 Å². The van der Waals surface area contributed by atoms with E-state index >= 15 is 0 Å². The maximum Gasteiger partial charge on any atom is 0.243 e. The summed E-state index contributed by atoms with van der Waals surface area (Å²) in [5.74, 6) is -0.245. The highest BCUT2D eigenvalue weighted by atomic mass is 16.2. The SMILES string of the molecule is CCCCCCCC(=O)NCC(=O)Nc1cccc(C)c1. The second-order valence-electron chi connectivity index (χ2n) is 5.36. The summed E-state index contributed by atoms with van der Waals surface area (Å²) in [5, 5.41) is 5.43. The molecule has 0 saturated heterocycles. The molecule has 0 atom stereocenters. The summed E-state index contributed by atoms with van der Waals surface area (Å²) in [7, 11) is 0. The van der Waals surface area contributed by atoms with Gasteiger partial charge in [0, 0.05) is 12.1 Å². The minimum Gasteiger partial charge on any atom is -0.347 e. The van der Waals surface area contributed by atoms with Crippen LogP contribution in [-0.4, -0.2) is 18.4 Å². The quantitative estimate of drug-likeness (QED) is 0.685. The summed E-state index contributed by atoms with van der Waals surface area (Å²) in [5.41, 5.74) is 1.85. The molecule has 0 spiro atoms. The van der Waals surface area contributed by atoms with Crippen molar-refractivity contribution in [3.8, 4) is 0 Å². The van der Waals surface area contributed by atoms with Crippen LogP contribution in [0.1, 0.15) is 51.0 Å². The number of benzene rings is 1. The fourth-order valence-electron chi connectivity index (χ4n) is 2.08. The molecule has 4 nitrogen and oxygen atoms in total. The van der Waals surface area contributed by atoms with Crippen LogP contribution in [0.2, 0.25) is 0 Å². The monoisotopic (exact) mass is 290 g/mol. The molecule has 0 unspecified atom stereocenters. The Kier molecular flexibility index (Phi) is 8.17. The second-order valence-corrected chi connectivity index (χ2v) is 5.36. The highest BCUT2D eigenvalue weighted by molar-refractivity contribution is 5.94. The highest BCUT2D eigenvalue weighted by Gasteiger charge is 2.05. The van der Waals surface area contributed by atoms with Gasteiger partial charge in [-0.2, -0.15) is 0 Å². The normalized spacial score (nSPS) is 10.2. The minimum absolute atomic E-state index is 0.0295. The fourth-order valence-corrected chi connectivity index (χ4v) is 2.08. The number of carbonyl (C=O) groups excluding carboxylic acids is 2. The van der Waals surface area contributed by atoms with E-state index in [1.807, 2.05) is 31.2 Å². The molecule has 21 heavy (non-hydrogen) atoms. The minimum atomic E-state index is -0.195. The Morgan fingerprint density at radius 2 is 1.81 bits per heavy atom. The summed E-state index contributed by atoms with van der Waals surface area (Å²) in [6.45, 7) is 4.16. The van der Waals surface area contributed by atoms with Crippen molar-refractivity contribution in [2.45, 2.75) is 52.4 Å². The number of anilines is 1. The molecule has 4 heteroatoms. The number of hydrogen-bond acceptors (Lipinski definition) is 2. The highest BCUT2D eigenvalue weighted by Crippen LogP contribution is 2.09. The number of nitrogens with one attached hydrogen (secondary N) is 2. The van der Waals surface area contributed by atoms with E-state index in [0.29, 0.717) is 6.42 Å². The lowest BCUT2D eigenvalue weighted by atomic mass is 10.1. The first kappa shape index (κ1) is 17.2. The summed E-state index contributed by atoms with van der Waals surface area (Å²) in [6.07, 6.45) is 6.08. The van der Waals surface area contributed by atoms with E-state index in [1.54, 1.807) is 0 Å². The third-order valence-electron chi connectivity index (χ3n) is 3.26. The molecule has 0 saturated carbocycles. The molecule has 0 heterocycles. The van der Waals surface area contributed by atoms with E-state index < -0.39 is 0 Å². The van der Waals surface area contributed by atoms with Gasteiger partial charge in [-0.25, -0.2) is 0 Å². The Balaban J connectivity index is 2.16. The fraction of sp³-hybridized carbons (Fsp3) is 0.529. The van der Waals surface area contributed by atoms with Crippen molar-refractivity contribution < 1.29 is 9.59 Å². The van der Waals surface area contributed by atoms with Gasteiger partial charge in [0.2, 0.25) is 11.8 Å². The van der Waals surface area contributed by atoms with Gasteiger partial charge >= 0.3 is 0 Å². The first-order valence-corrected chi connectivity index (χ1v) is 7.75. The van der Waals surface area contributed by atoms with Gasteiger partial charge in [-0.1, -0.05) is 44.7 Å². The molecule has 1 aromatic carbocycles. The van der Waals surface area contributed by atoms with Crippen LogP contribution in [0.5, 0.6) is 0 Å². The lowest BCUT2D eigenvalue weighted by Crippen LogP contribution is -2.32. The maximum absolute atomic E-state index is 11.7. The molecule has 0 aliphatic heterocycles. The van der Waals surface area contributed by atoms with Crippen LogP contribution >= 0.6 is 0 Å². The van der Waals surface area contributed by atoms with Crippen molar-refractivity contribution in [3.05, 3.63) is 29.8 Å². The third-order valence-corrected chi connectivity index (χ3v) is 3.26. The van der Waals surface area contributed by atoms with Crippen molar-refractivity contribution in [1.82, 2.24) is 5.32 Å². The third kappa shape index (κ3) is 8.12. The molecule has 1 rings (SSSR count). The molecular formula is C17H26N2O2. The van der Waals surface area contributed by atoms with Gasteiger partial charge in [-0.3, -0.25) is 9.59 Å². The largest absolute Gasteiger partial charge is 0.347 e. The predicted octanol–water partition coefficient (Wildman–Crippen LogP) is 3.41. The lowest BCUT2D eigenvalue weighted by molar-refractivity contribution is -0.124. The van der Waals surface area contributed by atoms with Gasteiger partial charge in [0.15, 0.2) is 0 Å². The number of amides is 2. The number of hydrogen-bond donors (Lipinski definition) is 2. The maximum atomic E-state index is 11.7. The second kappa shape index (κ2) is 9.97. The smallest absolute Gasteiger partial charge is 0.243 e. The molecule has 2 N–H and O–H groups in total. The Morgan fingerprint density at radius 3 is 2.52 bits per heavy atom. The van der Waals surface area contributed by atoms with Gasteiger partial charge < -0.3 is 10.6 Å². The topological polar surface area (TPSA) is 58.2 Å². The molecule has 0 aliphatic rings. The summed E-state index contributed by atoms with van der Waals surface area (Å²) in [4.78, 5) is 23.3. The van der Waals surface area contributed by atoms with E-state index in [0.717, 1.165) is 24.1 Å². The zero-order chi connectivity index (χ0) is 15.5. The van der Waals surface area contributed by atoms with E-state index in [1.165, 1.54) is 19.3 Å². The zero-order valence-corrected chi connectivity index (χ0v) is 13.1. The number of aryl methyl sites for hydroxylation is 1. The van der Waals surface area contributed by atoms with Crippen molar-refractivity contribution in [2.24, 2.45) is 0 Å². The van der Waals surface area contributed by atoms with Crippen LogP contribution in [0.15, 0.2) is 24.3 Å². The predicted molar refractivity (Wildman–Crippen MR) is 86.2 cm³/mol. The van der Waals surface area contributed by atoms with Gasteiger partial charge in [-0.05, 0) is 31.0 Å². The van der Waals surface area contributed by atoms with Crippen LogP contribution in [0.3, 0.4) is 0 Å². The zero-order valence-electron chi connectivity index (χ0n) is 13.1. The summed E-state index contributed by atoms with van der Waals surface area (Å²) < 4.78 is 0. The standard InChI is InChI=1S/C17H26N2O2/c1-3-4-5-6-7-11-16(20)18-13-17(21)19-15-10-8-9-14(2)12-15/h8-10,12H,3-7,11,13H2,1-2H3,(H,18,20)(H,19,21). The Bertz CT molecular complexity index is 458. The van der Waals surface area contributed by atoms with Crippen LogP contribution in [0, 0.1) is 6.92 Å². The Labute approximate surface area is 127 Å². The first-order valence-electron chi connectivity index (χ1n) is 7.75. The van der Waals surface area contributed by atoms with Crippen molar-refractivity contribution in [2.75, 3.05) is 11.9 Å². The van der Waals surface area contributed by atoms with Crippen molar-refractivity contribution in [1.29, 1.82) is 0 Å². The van der Waals surface area contributed by atoms with E-state index in [2.05, 4.69) is 17.6 Å². The molecule has 2 amide bonds. The molecule has 0 fully saturated rings. The number of rotatable bonds is 9. The first-order chi connectivity index (χ1) is 10.1. The van der Waals surface area contributed by atoms with Crippen molar-refractivity contribution >= 4 is 17.5 Å². The Hall–Kier alpha value is -1.84. The average Bonchev–Trinajstić information content (AvgIpc) is 2.45. The van der Waals surface area contributed by atoms with Crippen molar-refractivity contribution in [3.63, 3.8) is 0 Å². The van der Waals surface area contributed by atoms with E-state index in [-0.39, 0.29) is 18.4 Å². The molecule has 0 aliphatic carbocycles. The molecule has 116 valence electrons. The summed E-state index contributed by atoms with van der Waals surface area (Å²) in [6, 6.07) is 7.59. The Morgan fingerprint density at radius 1 is 1.05 bits per heavy atom. The molecule has 1 aromatic rings. The van der Waals surface area contributed by atoms with Crippen LogP contribution in [0.4, 0.5) is 5.69 Å². The average molecular weight is 290 g/mol. The molecular weight excluding hydrogens is 264 g/mol. The van der Waals surface area contributed by atoms with Gasteiger partial charge in [-0.15, -0.1) is 0 Å². The van der Waals surface area contributed by atoms with Crippen LogP contribution in [-0.2, 0) is 9.59 Å². The van der Waals surface area contributed by atoms with Crippen LogP contribution < -0.4 is 10.6 Å². The van der Waals surface area contributed by atoms with E-state index in [4.69, 9.17) is 0 Å². The lowest BCUT2D eigenvalue weighted by Gasteiger charge is -2.07. The molecule has 0 bridgehead atoms. The molecule has 0 aromatic heterocycles.